The molecule has 0 saturated carbocycles. The number of hydrogen-bond donors (Lipinski definition) is 0. The molecule has 2 fully saturated rings. The Kier molecular flexibility index (Phi) is 5.88. The van der Waals surface area contributed by atoms with Crippen LogP contribution in [0.1, 0.15) is 34.6 Å². The predicted molar refractivity (Wildman–Crippen MR) is 85.5 cm³/mol. The van der Waals surface area contributed by atoms with Gasteiger partial charge in [-0.2, -0.15) is 0 Å². The summed E-state index contributed by atoms with van der Waals surface area (Å²) in [6.07, 6.45) is -1.78. The molecule has 0 spiro atoms. The van der Waals surface area contributed by atoms with Crippen LogP contribution in [0, 0.1) is 0 Å². The van der Waals surface area contributed by atoms with E-state index in [2.05, 4.69) is 6.58 Å². The number of rotatable bonds is 6. The first-order valence-corrected chi connectivity index (χ1v) is 8.15. The fourth-order valence-electron chi connectivity index (χ4n) is 2.58. The monoisotopic (exact) mass is 358 g/mol. The number of hydrogen-bond acceptors (Lipinski definition) is 8. The standard InChI is InChI=1S/C17H26O8/c1-10(2)15(19)20-9-13(18)23-14(11-7-21-16(3,4)24-11)12-8-22-17(5,6)25-12/h11-12,14H,1,7-9H2,2-6H3. The van der Waals surface area contributed by atoms with Gasteiger partial charge in [-0.1, -0.05) is 6.58 Å². The van der Waals surface area contributed by atoms with Gasteiger partial charge in [0, 0.05) is 5.57 Å². The van der Waals surface area contributed by atoms with Gasteiger partial charge >= 0.3 is 11.9 Å². The molecule has 25 heavy (non-hydrogen) atoms. The van der Waals surface area contributed by atoms with Crippen LogP contribution in [0.25, 0.3) is 0 Å². The normalized spacial score (nSPS) is 28.4. The fraction of sp³-hybridized carbons (Fsp3) is 0.765. The minimum atomic E-state index is -0.781. The fourth-order valence-corrected chi connectivity index (χ4v) is 2.58. The van der Waals surface area contributed by atoms with E-state index < -0.39 is 48.4 Å². The Balaban J connectivity index is 2.01. The first kappa shape index (κ1) is 19.8. The van der Waals surface area contributed by atoms with Crippen LogP contribution in [0.4, 0.5) is 0 Å². The Morgan fingerprint density at radius 1 is 1.08 bits per heavy atom. The van der Waals surface area contributed by atoms with Crippen LogP contribution in [0.3, 0.4) is 0 Å². The molecule has 0 aromatic heterocycles. The first-order chi connectivity index (χ1) is 11.5. The lowest BCUT2D eigenvalue weighted by atomic mass is 10.1. The van der Waals surface area contributed by atoms with E-state index in [1.165, 1.54) is 6.92 Å². The number of ether oxygens (including phenoxy) is 6. The SMILES string of the molecule is C=C(C)C(=O)OCC(=O)OC(C1COC(C)(C)O1)C1COC(C)(C)O1. The third-order valence-corrected chi connectivity index (χ3v) is 3.73. The van der Waals surface area contributed by atoms with Crippen LogP contribution in [0.2, 0.25) is 0 Å². The summed E-state index contributed by atoms with van der Waals surface area (Å²) in [5, 5.41) is 0. The Labute approximate surface area is 147 Å². The van der Waals surface area contributed by atoms with Crippen molar-refractivity contribution in [2.75, 3.05) is 19.8 Å². The molecule has 2 aliphatic heterocycles. The van der Waals surface area contributed by atoms with Crippen LogP contribution in [-0.2, 0) is 38.0 Å². The average molecular weight is 358 g/mol. The van der Waals surface area contributed by atoms with E-state index in [1.54, 1.807) is 27.7 Å². The van der Waals surface area contributed by atoms with Gasteiger partial charge in [-0.25, -0.2) is 9.59 Å². The maximum Gasteiger partial charge on any atom is 0.344 e. The summed E-state index contributed by atoms with van der Waals surface area (Å²) in [6, 6.07) is 0. The van der Waals surface area contributed by atoms with Gasteiger partial charge in [-0.05, 0) is 34.6 Å². The van der Waals surface area contributed by atoms with Crippen molar-refractivity contribution in [2.45, 2.75) is 64.5 Å². The van der Waals surface area contributed by atoms with Crippen molar-refractivity contribution < 1.29 is 38.0 Å². The summed E-state index contributed by atoms with van der Waals surface area (Å²) in [4.78, 5) is 23.5. The lowest BCUT2D eigenvalue weighted by molar-refractivity contribution is -0.197. The molecule has 0 N–H and O–H groups in total. The lowest BCUT2D eigenvalue weighted by Crippen LogP contribution is -2.45. The van der Waals surface area contributed by atoms with E-state index in [4.69, 9.17) is 28.4 Å². The molecule has 2 unspecified atom stereocenters. The summed E-state index contributed by atoms with van der Waals surface area (Å²) in [6.45, 7) is 12.0. The molecule has 8 nitrogen and oxygen atoms in total. The molecule has 0 radical (unpaired) electrons. The van der Waals surface area contributed by atoms with Gasteiger partial charge in [0.15, 0.2) is 24.3 Å². The van der Waals surface area contributed by atoms with Gasteiger partial charge in [0.2, 0.25) is 0 Å². The van der Waals surface area contributed by atoms with Gasteiger partial charge in [0.25, 0.3) is 0 Å². The molecule has 8 heteroatoms. The van der Waals surface area contributed by atoms with Gasteiger partial charge < -0.3 is 28.4 Å². The molecule has 2 atom stereocenters. The molecule has 2 saturated heterocycles. The molecule has 0 bridgehead atoms. The van der Waals surface area contributed by atoms with Crippen LogP contribution >= 0.6 is 0 Å². The Bertz CT molecular complexity index is 513. The zero-order valence-corrected chi connectivity index (χ0v) is 15.3. The second-order valence-electron chi connectivity index (χ2n) is 7.05. The van der Waals surface area contributed by atoms with E-state index in [0.717, 1.165) is 0 Å². The minimum absolute atomic E-state index is 0.202. The maximum atomic E-state index is 12.1. The predicted octanol–water partition coefficient (Wildman–Crippen LogP) is 1.32. The topological polar surface area (TPSA) is 89.5 Å². The van der Waals surface area contributed by atoms with Gasteiger partial charge in [-0.15, -0.1) is 0 Å². The summed E-state index contributed by atoms with van der Waals surface area (Å²) >= 11 is 0. The molecule has 2 aliphatic rings. The van der Waals surface area contributed by atoms with E-state index in [0.29, 0.717) is 0 Å². The highest BCUT2D eigenvalue weighted by Crippen LogP contribution is 2.32. The lowest BCUT2D eigenvalue weighted by Gasteiger charge is -2.28. The third-order valence-electron chi connectivity index (χ3n) is 3.73. The second-order valence-corrected chi connectivity index (χ2v) is 7.05. The molecular formula is C17H26O8. The van der Waals surface area contributed by atoms with Gasteiger partial charge in [0.1, 0.15) is 12.2 Å². The number of carbonyl (C=O) groups is 2. The first-order valence-electron chi connectivity index (χ1n) is 8.15. The quantitative estimate of drug-likeness (QED) is 0.519. The molecule has 0 aliphatic carbocycles. The van der Waals surface area contributed by atoms with Crippen molar-refractivity contribution in [2.24, 2.45) is 0 Å². The average Bonchev–Trinajstić information content (AvgIpc) is 3.03. The molecule has 2 heterocycles. The Hall–Kier alpha value is -1.48. The van der Waals surface area contributed by atoms with Crippen LogP contribution in [-0.4, -0.2) is 61.6 Å². The van der Waals surface area contributed by atoms with Gasteiger partial charge in [-0.3, -0.25) is 0 Å². The molecule has 142 valence electrons. The van der Waals surface area contributed by atoms with Crippen LogP contribution in [0.15, 0.2) is 12.2 Å². The van der Waals surface area contributed by atoms with E-state index >= 15 is 0 Å². The molecule has 0 aromatic carbocycles. The summed E-state index contributed by atoms with van der Waals surface area (Å²) in [5.74, 6) is -2.93. The van der Waals surface area contributed by atoms with Gasteiger partial charge in [0.05, 0.1) is 13.2 Å². The van der Waals surface area contributed by atoms with Crippen molar-refractivity contribution >= 4 is 11.9 Å². The zero-order valence-electron chi connectivity index (χ0n) is 15.3. The van der Waals surface area contributed by atoms with E-state index in [9.17, 15) is 9.59 Å². The molecular weight excluding hydrogens is 332 g/mol. The van der Waals surface area contributed by atoms with Crippen LogP contribution < -0.4 is 0 Å². The molecule has 2 rings (SSSR count). The second kappa shape index (κ2) is 7.41. The van der Waals surface area contributed by atoms with Crippen molar-refractivity contribution in [3.05, 3.63) is 12.2 Å². The molecule has 0 amide bonds. The maximum absolute atomic E-state index is 12.1. The summed E-state index contributed by atoms with van der Waals surface area (Å²) < 4.78 is 33.0. The van der Waals surface area contributed by atoms with E-state index in [-0.39, 0.29) is 18.8 Å². The Morgan fingerprint density at radius 3 is 1.92 bits per heavy atom. The Morgan fingerprint density at radius 2 is 1.56 bits per heavy atom. The van der Waals surface area contributed by atoms with Crippen LogP contribution in [0.5, 0.6) is 0 Å². The number of esters is 2. The zero-order chi connectivity index (χ0) is 18.8. The van der Waals surface area contributed by atoms with E-state index in [1.807, 2.05) is 0 Å². The minimum Gasteiger partial charge on any atom is -0.454 e. The smallest absolute Gasteiger partial charge is 0.344 e. The highest BCUT2D eigenvalue weighted by Gasteiger charge is 2.47. The summed E-state index contributed by atoms with van der Waals surface area (Å²) in [5.41, 5.74) is 0.202. The van der Waals surface area contributed by atoms with Crippen molar-refractivity contribution in [1.29, 1.82) is 0 Å². The summed E-state index contributed by atoms with van der Waals surface area (Å²) in [7, 11) is 0. The number of carbonyl (C=O) groups excluding carboxylic acids is 2. The van der Waals surface area contributed by atoms with Crippen molar-refractivity contribution in [3.8, 4) is 0 Å². The largest absolute Gasteiger partial charge is 0.454 e. The molecule has 0 aromatic rings. The van der Waals surface area contributed by atoms with Crippen molar-refractivity contribution in [3.63, 3.8) is 0 Å². The third kappa shape index (κ3) is 5.50. The highest BCUT2D eigenvalue weighted by molar-refractivity contribution is 5.88. The highest BCUT2D eigenvalue weighted by atomic mass is 16.8. The van der Waals surface area contributed by atoms with Crippen molar-refractivity contribution in [1.82, 2.24) is 0 Å².